The minimum atomic E-state index is -0.553. The molecule has 5 nitrogen and oxygen atoms in total. The molecule has 4 rings (SSSR count). The van der Waals surface area contributed by atoms with E-state index < -0.39 is 5.41 Å². The standard InChI is InChI=1S/C21H26O5/c1-13-7-9-20(2)15(18(22)24-3)5-4-6-17(20)21(13)11-16(26-19(21)23)14-8-10-25-12-14/h5,8,10,12-13,16-17H,4,6-7,9,11H2,1-3H3/t13?,16?,17-,20?,21?/m0/s1. The first-order valence-electron chi connectivity index (χ1n) is 9.45. The van der Waals surface area contributed by atoms with Crippen LogP contribution >= 0.6 is 0 Å². The lowest BCUT2D eigenvalue weighted by Crippen LogP contribution is -2.54. The third kappa shape index (κ3) is 2.22. The Morgan fingerprint density at radius 3 is 2.85 bits per heavy atom. The van der Waals surface area contributed by atoms with Crippen LogP contribution in [0.5, 0.6) is 0 Å². The predicted molar refractivity (Wildman–Crippen MR) is 93.9 cm³/mol. The Kier molecular flexibility index (Phi) is 4.01. The maximum atomic E-state index is 13.2. The molecule has 1 aliphatic heterocycles. The van der Waals surface area contributed by atoms with Crippen LogP contribution in [-0.4, -0.2) is 19.0 Å². The molecule has 0 bridgehead atoms. The fraction of sp³-hybridized carbons (Fsp3) is 0.619. The molecule has 5 atom stereocenters. The van der Waals surface area contributed by atoms with Gasteiger partial charge in [-0.2, -0.15) is 0 Å². The highest BCUT2D eigenvalue weighted by Gasteiger charge is 2.65. The van der Waals surface area contributed by atoms with Crippen molar-refractivity contribution in [1.82, 2.24) is 0 Å². The smallest absolute Gasteiger partial charge is 0.333 e. The minimum Gasteiger partial charge on any atom is -0.472 e. The van der Waals surface area contributed by atoms with Gasteiger partial charge in [0.2, 0.25) is 0 Å². The molecule has 2 fully saturated rings. The molecule has 0 aromatic carbocycles. The van der Waals surface area contributed by atoms with Crippen LogP contribution in [0.2, 0.25) is 0 Å². The number of furan rings is 1. The molecule has 0 N–H and O–H groups in total. The third-order valence-electron chi connectivity index (χ3n) is 7.26. The number of cyclic esters (lactones) is 1. The molecule has 0 amide bonds. The summed E-state index contributed by atoms with van der Waals surface area (Å²) < 4.78 is 16.1. The zero-order valence-corrected chi connectivity index (χ0v) is 15.6. The van der Waals surface area contributed by atoms with E-state index in [2.05, 4.69) is 13.8 Å². The molecule has 1 aromatic rings. The molecule has 140 valence electrons. The maximum absolute atomic E-state index is 13.2. The van der Waals surface area contributed by atoms with Gasteiger partial charge in [0.05, 0.1) is 25.1 Å². The first kappa shape index (κ1) is 17.4. The van der Waals surface area contributed by atoms with E-state index in [0.29, 0.717) is 6.42 Å². The van der Waals surface area contributed by atoms with E-state index in [9.17, 15) is 9.59 Å². The number of hydrogen-bond acceptors (Lipinski definition) is 5. The topological polar surface area (TPSA) is 65.7 Å². The Labute approximate surface area is 153 Å². The summed E-state index contributed by atoms with van der Waals surface area (Å²) >= 11 is 0. The normalized spacial score (nSPS) is 39.3. The minimum absolute atomic E-state index is 0.0854. The number of esters is 2. The van der Waals surface area contributed by atoms with Gasteiger partial charge >= 0.3 is 11.9 Å². The lowest BCUT2D eigenvalue weighted by Gasteiger charge is -2.55. The van der Waals surface area contributed by atoms with Gasteiger partial charge in [-0.05, 0) is 43.6 Å². The lowest BCUT2D eigenvalue weighted by atomic mass is 9.46. The van der Waals surface area contributed by atoms with Crippen molar-refractivity contribution in [3.8, 4) is 0 Å². The Bertz CT molecular complexity index is 748. The van der Waals surface area contributed by atoms with Crippen LogP contribution in [0.25, 0.3) is 0 Å². The van der Waals surface area contributed by atoms with Gasteiger partial charge in [0.25, 0.3) is 0 Å². The van der Waals surface area contributed by atoms with Crippen molar-refractivity contribution >= 4 is 11.9 Å². The Morgan fingerprint density at radius 2 is 2.15 bits per heavy atom. The van der Waals surface area contributed by atoms with Gasteiger partial charge in [-0.1, -0.05) is 19.9 Å². The lowest BCUT2D eigenvalue weighted by molar-refractivity contribution is -0.163. The molecule has 26 heavy (non-hydrogen) atoms. The molecule has 1 spiro atoms. The van der Waals surface area contributed by atoms with Crippen LogP contribution in [0.3, 0.4) is 0 Å². The van der Waals surface area contributed by atoms with Crippen LogP contribution in [-0.2, 0) is 19.1 Å². The first-order chi connectivity index (χ1) is 12.4. The molecule has 1 saturated heterocycles. The zero-order valence-electron chi connectivity index (χ0n) is 15.6. The highest BCUT2D eigenvalue weighted by atomic mass is 16.6. The second-order valence-electron chi connectivity index (χ2n) is 8.29. The number of hydrogen-bond donors (Lipinski definition) is 0. The van der Waals surface area contributed by atoms with Gasteiger partial charge in [0, 0.05) is 23.0 Å². The van der Waals surface area contributed by atoms with Crippen LogP contribution in [0, 0.1) is 22.7 Å². The van der Waals surface area contributed by atoms with Crippen molar-refractivity contribution < 1.29 is 23.5 Å². The second kappa shape index (κ2) is 6.00. The van der Waals surface area contributed by atoms with E-state index >= 15 is 0 Å². The van der Waals surface area contributed by atoms with Crippen molar-refractivity contribution in [3.63, 3.8) is 0 Å². The highest BCUT2D eigenvalue weighted by Crippen LogP contribution is 2.65. The van der Waals surface area contributed by atoms with Crippen LogP contribution in [0.1, 0.15) is 57.6 Å². The van der Waals surface area contributed by atoms with Crippen LogP contribution < -0.4 is 0 Å². The highest BCUT2D eigenvalue weighted by molar-refractivity contribution is 5.91. The monoisotopic (exact) mass is 358 g/mol. The molecule has 5 heteroatoms. The van der Waals surface area contributed by atoms with Crippen molar-refractivity contribution in [3.05, 3.63) is 35.8 Å². The Balaban J connectivity index is 1.75. The van der Waals surface area contributed by atoms with Crippen molar-refractivity contribution in [2.75, 3.05) is 7.11 Å². The van der Waals surface area contributed by atoms with Crippen molar-refractivity contribution in [2.45, 2.75) is 52.1 Å². The molecule has 1 aromatic heterocycles. The summed E-state index contributed by atoms with van der Waals surface area (Å²) in [5, 5.41) is 0. The SMILES string of the molecule is COC(=O)C1=CCC[C@H]2C1(C)CCC(C)C21CC(c2ccoc2)OC1=O. The van der Waals surface area contributed by atoms with Gasteiger partial charge in [-0.25, -0.2) is 4.79 Å². The van der Waals surface area contributed by atoms with Gasteiger partial charge in [0.1, 0.15) is 6.10 Å². The Hall–Kier alpha value is -2.04. The number of rotatable bonds is 2. The number of allylic oxidation sites excluding steroid dienone is 1. The molecule has 0 radical (unpaired) electrons. The van der Waals surface area contributed by atoms with Gasteiger partial charge in [-0.15, -0.1) is 0 Å². The quantitative estimate of drug-likeness (QED) is 0.741. The number of carbonyl (C=O) groups is 2. The maximum Gasteiger partial charge on any atom is 0.333 e. The van der Waals surface area contributed by atoms with Gasteiger partial charge in [-0.3, -0.25) is 4.79 Å². The summed E-state index contributed by atoms with van der Waals surface area (Å²) in [5.41, 5.74) is 0.751. The number of ether oxygens (including phenoxy) is 2. The molecule has 1 saturated carbocycles. The van der Waals surface area contributed by atoms with E-state index in [1.54, 1.807) is 12.5 Å². The van der Waals surface area contributed by atoms with Crippen LogP contribution in [0.4, 0.5) is 0 Å². The number of methoxy groups -OCH3 is 1. The fourth-order valence-electron chi connectivity index (χ4n) is 5.81. The Morgan fingerprint density at radius 1 is 1.35 bits per heavy atom. The summed E-state index contributed by atoms with van der Waals surface area (Å²) in [6, 6.07) is 1.87. The van der Waals surface area contributed by atoms with Gasteiger partial charge < -0.3 is 13.9 Å². The average Bonchev–Trinajstić information content (AvgIpc) is 3.27. The average molecular weight is 358 g/mol. The van der Waals surface area contributed by atoms with E-state index in [-0.39, 0.29) is 35.3 Å². The molecular formula is C21H26O5. The van der Waals surface area contributed by atoms with Crippen LogP contribution in [0.15, 0.2) is 34.7 Å². The second-order valence-corrected chi connectivity index (χ2v) is 8.29. The molecular weight excluding hydrogens is 332 g/mol. The van der Waals surface area contributed by atoms with E-state index in [1.807, 2.05) is 12.1 Å². The summed E-state index contributed by atoms with van der Waals surface area (Å²) in [7, 11) is 1.43. The summed E-state index contributed by atoms with van der Waals surface area (Å²) in [4.78, 5) is 25.6. The van der Waals surface area contributed by atoms with Crippen molar-refractivity contribution in [1.29, 1.82) is 0 Å². The third-order valence-corrected chi connectivity index (χ3v) is 7.26. The molecule has 2 heterocycles. The molecule has 4 unspecified atom stereocenters. The number of fused-ring (bicyclic) bond motifs is 2. The summed E-state index contributed by atoms with van der Waals surface area (Å²) in [6.07, 6.45) is 9.16. The van der Waals surface area contributed by atoms with Crippen molar-refractivity contribution in [2.24, 2.45) is 22.7 Å². The van der Waals surface area contributed by atoms with E-state index in [1.165, 1.54) is 7.11 Å². The predicted octanol–water partition coefficient (Wildman–Crippen LogP) is 4.20. The van der Waals surface area contributed by atoms with E-state index in [0.717, 1.165) is 36.8 Å². The van der Waals surface area contributed by atoms with Gasteiger partial charge in [0.15, 0.2) is 0 Å². The first-order valence-corrected chi connectivity index (χ1v) is 9.45. The van der Waals surface area contributed by atoms with E-state index in [4.69, 9.17) is 13.9 Å². The fourth-order valence-corrected chi connectivity index (χ4v) is 5.81. The summed E-state index contributed by atoms with van der Waals surface area (Å²) in [6.45, 7) is 4.29. The number of carbonyl (C=O) groups excluding carboxylic acids is 2. The zero-order chi connectivity index (χ0) is 18.5. The molecule has 2 aliphatic carbocycles. The molecule has 3 aliphatic rings. The summed E-state index contributed by atoms with van der Waals surface area (Å²) in [5.74, 6) is -0.0675. The largest absolute Gasteiger partial charge is 0.472 e.